The van der Waals surface area contributed by atoms with Gasteiger partial charge in [0, 0.05) is 15.5 Å². The van der Waals surface area contributed by atoms with Gasteiger partial charge >= 0.3 is 0 Å². The van der Waals surface area contributed by atoms with Crippen LogP contribution < -0.4 is 0 Å². The maximum atomic E-state index is 6.53. The van der Waals surface area contributed by atoms with Gasteiger partial charge in [-0.2, -0.15) is 0 Å². The van der Waals surface area contributed by atoms with E-state index in [-0.39, 0.29) is 5.41 Å². The predicted molar refractivity (Wildman–Crippen MR) is 113 cm³/mol. The summed E-state index contributed by atoms with van der Waals surface area (Å²) >= 11 is 3.56. The van der Waals surface area contributed by atoms with Crippen LogP contribution in [0.3, 0.4) is 0 Å². The molecule has 1 aliphatic carbocycles. The molecule has 3 rings (SSSR count). The average molecular weight is 415 g/mol. The van der Waals surface area contributed by atoms with Crippen molar-refractivity contribution >= 4 is 30.0 Å². The molecule has 0 radical (unpaired) electrons. The van der Waals surface area contributed by atoms with Crippen molar-refractivity contribution in [2.45, 2.75) is 44.8 Å². The van der Waals surface area contributed by atoms with Gasteiger partial charge in [0.15, 0.2) is 0 Å². The van der Waals surface area contributed by atoms with Gasteiger partial charge in [0.2, 0.25) is 8.32 Å². The molecule has 1 aliphatic rings. The van der Waals surface area contributed by atoms with Gasteiger partial charge in [0.1, 0.15) is 5.76 Å². The molecule has 0 aliphatic heterocycles. The molecule has 2 aromatic rings. The van der Waals surface area contributed by atoms with Crippen molar-refractivity contribution in [1.82, 2.24) is 0 Å². The Morgan fingerprint density at radius 1 is 1.04 bits per heavy atom. The second-order valence-electron chi connectivity index (χ2n) is 8.15. The summed E-state index contributed by atoms with van der Waals surface area (Å²) in [6.07, 6.45) is 4.97. The third-order valence-corrected chi connectivity index (χ3v) is 6.16. The van der Waals surface area contributed by atoms with E-state index in [0.29, 0.717) is 5.92 Å². The van der Waals surface area contributed by atoms with Crippen LogP contribution >= 0.6 is 15.9 Å². The Hall–Kier alpha value is -1.32. The van der Waals surface area contributed by atoms with Crippen LogP contribution in [-0.4, -0.2) is 8.32 Å². The highest BCUT2D eigenvalue weighted by atomic mass is 79.9. The van der Waals surface area contributed by atoms with E-state index in [0.717, 1.165) is 10.2 Å². The first-order valence-corrected chi connectivity index (χ1v) is 13.2. The summed E-state index contributed by atoms with van der Waals surface area (Å²) in [7, 11) is -1.70. The molecule has 0 heterocycles. The predicted octanol–water partition coefficient (Wildman–Crippen LogP) is 7.01. The Bertz CT molecular complexity index is 742. The van der Waals surface area contributed by atoms with E-state index >= 15 is 0 Å². The van der Waals surface area contributed by atoms with Crippen molar-refractivity contribution in [2.75, 3.05) is 0 Å². The minimum absolute atomic E-state index is 0.00548. The summed E-state index contributed by atoms with van der Waals surface area (Å²) in [4.78, 5) is 0. The highest BCUT2D eigenvalue weighted by molar-refractivity contribution is 9.10. The number of rotatable bonds is 6. The Balaban J connectivity index is 2.07. The highest BCUT2D eigenvalue weighted by Crippen LogP contribution is 2.49. The van der Waals surface area contributed by atoms with Gasteiger partial charge in [-0.25, -0.2) is 0 Å². The van der Waals surface area contributed by atoms with E-state index in [2.05, 4.69) is 103 Å². The lowest BCUT2D eigenvalue weighted by Gasteiger charge is -2.30. The molecule has 0 bridgehead atoms. The first kappa shape index (κ1) is 18.5. The van der Waals surface area contributed by atoms with E-state index in [1.165, 1.54) is 24.0 Å². The van der Waals surface area contributed by atoms with Crippen molar-refractivity contribution in [3.8, 4) is 0 Å². The molecule has 1 saturated carbocycles. The minimum atomic E-state index is -1.70. The quantitative estimate of drug-likeness (QED) is 0.364. The SMILES string of the molecule is CC(/C=C(/O[Si](C)(C)C)c1ccccc1)(c1ccc(Br)cc1)C1CC1. The Kier molecular flexibility index (Phi) is 5.26. The summed E-state index contributed by atoms with van der Waals surface area (Å²) in [5, 5.41) is 0. The number of allylic oxidation sites excluding steroid dienone is 1. The Morgan fingerprint density at radius 3 is 2.16 bits per heavy atom. The van der Waals surface area contributed by atoms with Crippen molar-refractivity contribution in [3.05, 3.63) is 76.3 Å². The molecule has 3 heteroatoms. The molecule has 0 aromatic heterocycles. The highest BCUT2D eigenvalue weighted by Gasteiger charge is 2.42. The second-order valence-corrected chi connectivity index (χ2v) is 13.5. The lowest BCUT2D eigenvalue weighted by atomic mass is 9.77. The molecule has 0 N–H and O–H groups in total. The molecule has 1 nitrogen and oxygen atoms in total. The third kappa shape index (κ3) is 4.65. The standard InChI is InChI=1S/C22H27BrOSi/c1-22(18-10-11-18,19-12-14-20(23)15-13-19)16-21(24-25(2,3)4)17-8-6-5-7-9-17/h5-9,12-16,18H,10-11H2,1-4H3/b21-16+. The van der Waals surface area contributed by atoms with Crippen LogP contribution in [0.4, 0.5) is 0 Å². The first-order valence-electron chi connectivity index (χ1n) is 9.01. The number of hydrogen-bond acceptors (Lipinski definition) is 1. The molecule has 1 unspecified atom stereocenters. The Labute approximate surface area is 161 Å². The molecular formula is C22H27BrOSi. The van der Waals surface area contributed by atoms with Crippen LogP contribution in [0.25, 0.3) is 5.76 Å². The lowest BCUT2D eigenvalue weighted by molar-refractivity contribution is 0.475. The molecule has 0 amide bonds. The topological polar surface area (TPSA) is 9.23 Å². The average Bonchev–Trinajstić information content (AvgIpc) is 3.39. The molecular weight excluding hydrogens is 388 g/mol. The van der Waals surface area contributed by atoms with Gasteiger partial charge in [-0.1, -0.05) is 65.3 Å². The fourth-order valence-corrected chi connectivity index (χ4v) is 4.41. The number of halogens is 1. The van der Waals surface area contributed by atoms with E-state index in [1.807, 2.05) is 0 Å². The van der Waals surface area contributed by atoms with Crippen LogP contribution in [0.1, 0.15) is 30.9 Å². The fraction of sp³-hybridized carbons (Fsp3) is 0.364. The van der Waals surface area contributed by atoms with Crippen molar-refractivity contribution in [1.29, 1.82) is 0 Å². The van der Waals surface area contributed by atoms with Crippen molar-refractivity contribution in [2.24, 2.45) is 5.92 Å². The van der Waals surface area contributed by atoms with E-state index in [4.69, 9.17) is 4.43 Å². The van der Waals surface area contributed by atoms with Crippen LogP contribution in [0.5, 0.6) is 0 Å². The first-order chi connectivity index (χ1) is 11.8. The van der Waals surface area contributed by atoms with Crippen LogP contribution in [0, 0.1) is 5.92 Å². The normalized spacial score (nSPS) is 17.9. The lowest BCUT2D eigenvalue weighted by Crippen LogP contribution is -2.27. The molecule has 132 valence electrons. The number of hydrogen-bond donors (Lipinski definition) is 0. The molecule has 2 aromatic carbocycles. The summed E-state index contributed by atoms with van der Waals surface area (Å²) in [6.45, 7) is 9.11. The smallest absolute Gasteiger partial charge is 0.242 e. The summed E-state index contributed by atoms with van der Waals surface area (Å²) in [5.41, 5.74) is 2.55. The summed E-state index contributed by atoms with van der Waals surface area (Å²) in [5.74, 6) is 1.73. The molecule has 25 heavy (non-hydrogen) atoms. The summed E-state index contributed by atoms with van der Waals surface area (Å²) in [6, 6.07) is 19.3. The van der Waals surface area contributed by atoms with Gasteiger partial charge in [0.25, 0.3) is 0 Å². The molecule has 1 atom stereocenters. The van der Waals surface area contributed by atoms with E-state index < -0.39 is 8.32 Å². The van der Waals surface area contributed by atoms with E-state index in [1.54, 1.807) is 0 Å². The second kappa shape index (κ2) is 7.12. The van der Waals surface area contributed by atoms with Gasteiger partial charge in [-0.3, -0.25) is 0 Å². The van der Waals surface area contributed by atoms with Gasteiger partial charge in [0.05, 0.1) is 0 Å². The third-order valence-electron chi connectivity index (χ3n) is 4.80. The fourth-order valence-electron chi connectivity index (χ4n) is 3.31. The molecule has 0 saturated heterocycles. The van der Waals surface area contributed by atoms with Crippen LogP contribution in [0.2, 0.25) is 19.6 Å². The van der Waals surface area contributed by atoms with Gasteiger partial charge < -0.3 is 4.43 Å². The maximum absolute atomic E-state index is 6.53. The van der Waals surface area contributed by atoms with Gasteiger partial charge in [-0.05, 0) is 62.2 Å². The van der Waals surface area contributed by atoms with Gasteiger partial charge in [-0.15, -0.1) is 0 Å². The minimum Gasteiger partial charge on any atom is -0.544 e. The number of benzene rings is 2. The zero-order valence-corrected chi connectivity index (χ0v) is 18.1. The van der Waals surface area contributed by atoms with Crippen LogP contribution in [0.15, 0.2) is 65.1 Å². The molecule has 0 spiro atoms. The Morgan fingerprint density at radius 2 is 1.64 bits per heavy atom. The summed E-state index contributed by atoms with van der Waals surface area (Å²) < 4.78 is 7.66. The largest absolute Gasteiger partial charge is 0.544 e. The zero-order valence-electron chi connectivity index (χ0n) is 15.6. The molecule has 1 fully saturated rings. The van der Waals surface area contributed by atoms with Crippen LogP contribution in [-0.2, 0) is 9.84 Å². The zero-order chi connectivity index (χ0) is 18.1. The monoisotopic (exact) mass is 414 g/mol. The van der Waals surface area contributed by atoms with E-state index in [9.17, 15) is 0 Å². The van der Waals surface area contributed by atoms with Crippen molar-refractivity contribution in [3.63, 3.8) is 0 Å². The maximum Gasteiger partial charge on any atom is 0.242 e. The van der Waals surface area contributed by atoms with Crippen molar-refractivity contribution < 1.29 is 4.43 Å².